The van der Waals surface area contributed by atoms with Gasteiger partial charge in [-0.1, -0.05) is 0 Å². The zero-order valence-corrected chi connectivity index (χ0v) is 14.6. The first-order valence-electron chi connectivity index (χ1n) is 8.34. The van der Waals surface area contributed by atoms with Crippen molar-refractivity contribution in [2.75, 3.05) is 19.1 Å². The van der Waals surface area contributed by atoms with Gasteiger partial charge in [0, 0.05) is 36.0 Å². The number of aryl methyl sites for hydroxylation is 1. The molecule has 0 radical (unpaired) electrons. The van der Waals surface area contributed by atoms with E-state index in [0.29, 0.717) is 11.8 Å². The quantitative estimate of drug-likeness (QED) is 0.688. The second kappa shape index (κ2) is 6.23. The minimum Gasteiger partial charge on any atom is -0.497 e. The van der Waals surface area contributed by atoms with E-state index in [-0.39, 0.29) is 0 Å². The molecule has 0 unspecified atom stereocenters. The van der Waals surface area contributed by atoms with Crippen LogP contribution in [0.4, 0.5) is 5.82 Å². The van der Waals surface area contributed by atoms with E-state index < -0.39 is 0 Å². The molecule has 7 nitrogen and oxygen atoms in total. The molecule has 130 valence electrons. The Kier molecular flexibility index (Phi) is 3.91. The van der Waals surface area contributed by atoms with E-state index in [4.69, 9.17) is 9.47 Å². The summed E-state index contributed by atoms with van der Waals surface area (Å²) in [4.78, 5) is 11.0. The van der Waals surface area contributed by atoms with Gasteiger partial charge in [-0.3, -0.25) is 0 Å². The highest BCUT2D eigenvalue weighted by atomic mass is 16.5. The largest absolute Gasteiger partial charge is 0.497 e. The molecule has 0 bridgehead atoms. The number of ether oxygens (including phenoxy) is 2. The number of fused-ring (bicyclic) bond motifs is 1. The molecule has 1 fully saturated rings. The summed E-state index contributed by atoms with van der Waals surface area (Å²) >= 11 is 0. The number of hydrogen-bond acceptors (Lipinski definition) is 6. The maximum atomic E-state index is 5.57. The third-order valence-corrected chi connectivity index (χ3v) is 4.48. The molecule has 25 heavy (non-hydrogen) atoms. The van der Waals surface area contributed by atoms with Crippen LogP contribution in [0.2, 0.25) is 0 Å². The third kappa shape index (κ3) is 2.97. The van der Waals surface area contributed by atoms with Gasteiger partial charge in [-0.2, -0.15) is 14.6 Å². The lowest BCUT2D eigenvalue weighted by atomic mass is 10.1. The summed E-state index contributed by atoms with van der Waals surface area (Å²) in [6, 6.07) is 8.51. The summed E-state index contributed by atoms with van der Waals surface area (Å²) < 4.78 is 12.7. The Bertz CT molecular complexity index is 904. The molecular weight excluding hydrogens is 318 g/mol. The van der Waals surface area contributed by atoms with Gasteiger partial charge in [0.1, 0.15) is 23.6 Å². The lowest BCUT2D eigenvalue weighted by Gasteiger charge is -2.26. The second-order valence-corrected chi connectivity index (χ2v) is 6.26. The summed E-state index contributed by atoms with van der Waals surface area (Å²) in [6.07, 6.45) is 3.90. The molecule has 7 heteroatoms. The number of hydrogen-bond donors (Lipinski definition) is 0. The van der Waals surface area contributed by atoms with Gasteiger partial charge in [-0.05, 0) is 31.9 Å². The van der Waals surface area contributed by atoms with Gasteiger partial charge < -0.3 is 14.4 Å². The van der Waals surface area contributed by atoms with E-state index in [9.17, 15) is 0 Å². The molecule has 1 aliphatic carbocycles. The number of rotatable bonds is 6. The minimum absolute atomic E-state index is 0.501. The van der Waals surface area contributed by atoms with Crippen LogP contribution in [0.25, 0.3) is 5.78 Å². The van der Waals surface area contributed by atoms with Crippen molar-refractivity contribution in [1.82, 2.24) is 19.6 Å². The first-order valence-corrected chi connectivity index (χ1v) is 8.34. The zero-order chi connectivity index (χ0) is 17.4. The molecule has 1 aliphatic rings. The van der Waals surface area contributed by atoms with Crippen LogP contribution in [0.3, 0.4) is 0 Å². The Morgan fingerprint density at radius 2 is 2.04 bits per heavy atom. The van der Waals surface area contributed by atoms with E-state index in [1.807, 2.05) is 19.1 Å². The maximum absolute atomic E-state index is 5.57. The average molecular weight is 339 g/mol. The van der Waals surface area contributed by atoms with E-state index >= 15 is 0 Å². The number of aromatic nitrogens is 4. The lowest BCUT2D eigenvalue weighted by molar-refractivity contribution is 0.390. The number of benzene rings is 1. The summed E-state index contributed by atoms with van der Waals surface area (Å²) in [5, 5.41) is 4.35. The highest BCUT2D eigenvalue weighted by Crippen LogP contribution is 2.35. The van der Waals surface area contributed by atoms with E-state index in [1.165, 1.54) is 12.8 Å². The Labute approximate surface area is 146 Å². The predicted molar refractivity (Wildman–Crippen MR) is 94.3 cm³/mol. The monoisotopic (exact) mass is 339 g/mol. The first kappa shape index (κ1) is 15.7. The fourth-order valence-corrected chi connectivity index (χ4v) is 3.07. The zero-order valence-electron chi connectivity index (χ0n) is 14.6. The van der Waals surface area contributed by atoms with Crippen molar-refractivity contribution in [3.63, 3.8) is 0 Å². The molecule has 4 rings (SSSR count). The van der Waals surface area contributed by atoms with Gasteiger partial charge in [0.05, 0.1) is 14.2 Å². The Hall–Kier alpha value is -2.83. The summed E-state index contributed by atoms with van der Waals surface area (Å²) in [6.45, 7) is 2.72. The smallest absolute Gasteiger partial charge is 0.254 e. The van der Waals surface area contributed by atoms with Crippen LogP contribution >= 0.6 is 0 Å². The molecule has 3 aromatic rings. The van der Waals surface area contributed by atoms with E-state index in [2.05, 4.69) is 32.1 Å². The van der Waals surface area contributed by atoms with Crippen molar-refractivity contribution < 1.29 is 9.47 Å². The average Bonchev–Trinajstić information content (AvgIpc) is 3.36. The molecule has 0 saturated heterocycles. The highest BCUT2D eigenvalue weighted by Gasteiger charge is 2.32. The van der Waals surface area contributed by atoms with Crippen LogP contribution in [-0.4, -0.2) is 39.8 Å². The topological polar surface area (TPSA) is 64.8 Å². The second-order valence-electron chi connectivity index (χ2n) is 6.26. The number of methoxy groups -OCH3 is 2. The SMILES string of the molecule is COc1ccc(CN(c2cc(C)nc3ncnn23)C2CC2)c(OC)c1. The fourth-order valence-electron chi connectivity index (χ4n) is 3.07. The van der Waals surface area contributed by atoms with Gasteiger partial charge in [0.25, 0.3) is 5.78 Å². The molecule has 0 spiro atoms. The molecular formula is C18H21N5O2. The van der Waals surface area contributed by atoms with Crippen molar-refractivity contribution in [3.05, 3.63) is 41.9 Å². The minimum atomic E-state index is 0.501. The summed E-state index contributed by atoms with van der Waals surface area (Å²) in [5.74, 6) is 3.25. The molecule has 0 amide bonds. The number of anilines is 1. The van der Waals surface area contributed by atoms with Crippen LogP contribution < -0.4 is 14.4 Å². The standard InChI is InChI=1S/C18H21N5O2/c1-12-8-17(23-18(21-12)19-11-20-23)22(14-5-6-14)10-13-4-7-15(24-2)9-16(13)25-3/h4,7-9,11,14H,5-6,10H2,1-3H3. The van der Waals surface area contributed by atoms with Gasteiger partial charge in [0.15, 0.2) is 0 Å². The van der Waals surface area contributed by atoms with Crippen molar-refractivity contribution in [2.24, 2.45) is 0 Å². The van der Waals surface area contributed by atoms with Crippen LogP contribution in [0.1, 0.15) is 24.1 Å². The van der Waals surface area contributed by atoms with Gasteiger partial charge >= 0.3 is 0 Å². The normalized spacial score (nSPS) is 13.9. The fraction of sp³-hybridized carbons (Fsp3) is 0.389. The van der Waals surface area contributed by atoms with Crippen molar-refractivity contribution in [2.45, 2.75) is 32.4 Å². The van der Waals surface area contributed by atoms with Crippen molar-refractivity contribution in [3.8, 4) is 11.5 Å². The Morgan fingerprint density at radius 3 is 2.76 bits per heavy atom. The van der Waals surface area contributed by atoms with Gasteiger partial charge in [-0.25, -0.2) is 4.98 Å². The molecule has 0 N–H and O–H groups in total. The summed E-state index contributed by atoms with van der Waals surface area (Å²) in [7, 11) is 3.35. The molecule has 0 atom stereocenters. The Morgan fingerprint density at radius 1 is 1.20 bits per heavy atom. The molecule has 0 aliphatic heterocycles. The molecule has 1 aromatic carbocycles. The lowest BCUT2D eigenvalue weighted by Crippen LogP contribution is -2.28. The number of nitrogens with zero attached hydrogens (tertiary/aromatic N) is 5. The maximum Gasteiger partial charge on any atom is 0.254 e. The predicted octanol–water partition coefficient (Wildman–Crippen LogP) is 2.62. The molecule has 2 heterocycles. The molecule has 2 aromatic heterocycles. The Balaban J connectivity index is 1.74. The third-order valence-electron chi connectivity index (χ3n) is 4.48. The van der Waals surface area contributed by atoms with Crippen LogP contribution in [0.15, 0.2) is 30.6 Å². The molecule has 1 saturated carbocycles. The van der Waals surface area contributed by atoms with Crippen LogP contribution in [0.5, 0.6) is 11.5 Å². The highest BCUT2D eigenvalue weighted by molar-refractivity contribution is 5.51. The van der Waals surface area contributed by atoms with Crippen LogP contribution in [-0.2, 0) is 6.54 Å². The van der Waals surface area contributed by atoms with Crippen LogP contribution in [0, 0.1) is 6.92 Å². The first-order chi connectivity index (χ1) is 12.2. The van der Waals surface area contributed by atoms with E-state index in [1.54, 1.807) is 25.1 Å². The van der Waals surface area contributed by atoms with E-state index in [0.717, 1.165) is 35.1 Å². The van der Waals surface area contributed by atoms with Gasteiger partial charge in [-0.15, -0.1) is 0 Å². The van der Waals surface area contributed by atoms with Crippen molar-refractivity contribution >= 4 is 11.6 Å². The summed E-state index contributed by atoms with van der Waals surface area (Å²) in [5.41, 5.74) is 2.04. The van der Waals surface area contributed by atoms with Crippen molar-refractivity contribution in [1.29, 1.82) is 0 Å². The van der Waals surface area contributed by atoms with Gasteiger partial charge in [0.2, 0.25) is 0 Å².